The molecule has 0 saturated carbocycles. The second-order valence-electron chi connectivity index (χ2n) is 2.95. The fraction of sp³-hybridized carbons (Fsp3) is 0.375. The van der Waals surface area contributed by atoms with Gasteiger partial charge in [-0.2, -0.15) is 13.2 Å². The van der Waals surface area contributed by atoms with E-state index in [-0.39, 0.29) is 11.5 Å². The van der Waals surface area contributed by atoms with Crippen molar-refractivity contribution in [2.75, 3.05) is 0 Å². The highest BCUT2D eigenvalue weighted by Gasteiger charge is 2.33. The van der Waals surface area contributed by atoms with Crippen molar-refractivity contribution < 1.29 is 18.0 Å². The lowest BCUT2D eigenvalue weighted by Gasteiger charge is -2.07. The molecule has 0 aliphatic heterocycles. The molecule has 2 N–H and O–H groups in total. The van der Waals surface area contributed by atoms with Crippen LogP contribution in [-0.4, -0.2) is 15.9 Å². The summed E-state index contributed by atoms with van der Waals surface area (Å²) in [7, 11) is 0. The maximum absolute atomic E-state index is 12.3. The van der Waals surface area contributed by atoms with Gasteiger partial charge in [-0.05, 0) is 13.0 Å². The van der Waals surface area contributed by atoms with Crippen LogP contribution in [0.2, 0.25) is 0 Å². The van der Waals surface area contributed by atoms with Gasteiger partial charge in [0.1, 0.15) is 11.5 Å². The molecular weight excluding hydrogens is 211 g/mol. The summed E-state index contributed by atoms with van der Waals surface area (Å²) >= 11 is 0. The van der Waals surface area contributed by atoms with Crippen molar-refractivity contribution in [1.82, 2.24) is 9.97 Å². The minimum Gasteiger partial charge on any atom is -0.369 e. The number of primary amides is 1. The first-order chi connectivity index (χ1) is 6.79. The lowest BCUT2D eigenvalue weighted by atomic mass is 10.3. The number of halogens is 3. The van der Waals surface area contributed by atoms with E-state index in [1.165, 1.54) is 6.92 Å². The van der Waals surface area contributed by atoms with Crippen molar-refractivity contribution in [2.45, 2.75) is 19.5 Å². The molecule has 0 bridgehead atoms. The Morgan fingerprint density at radius 3 is 2.53 bits per heavy atom. The molecule has 0 spiro atoms. The lowest BCUT2D eigenvalue weighted by Crippen LogP contribution is -2.18. The minimum absolute atomic E-state index is 0.147. The van der Waals surface area contributed by atoms with Crippen LogP contribution in [-0.2, 0) is 17.4 Å². The number of carbonyl (C=O) groups is 1. The van der Waals surface area contributed by atoms with E-state index in [4.69, 9.17) is 5.73 Å². The van der Waals surface area contributed by atoms with Gasteiger partial charge < -0.3 is 5.73 Å². The molecule has 1 aromatic heterocycles. The Hall–Kier alpha value is -1.66. The first kappa shape index (κ1) is 11.4. The van der Waals surface area contributed by atoms with Crippen LogP contribution >= 0.6 is 0 Å². The van der Waals surface area contributed by atoms with E-state index >= 15 is 0 Å². The van der Waals surface area contributed by atoms with Crippen LogP contribution in [0.3, 0.4) is 0 Å². The summed E-state index contributed by atoms with van der Waals surface area (Å²) in [6.45, 7) is 1.39. The monoisotopic (exact) mass is 219 g/mol. The van der Waals surface area contributed by atoms with Gasteiger partial charge in [0.2, 0.25) is 5.91 Å². The van der Waals surface area contributed by atoms with Crippen LogP contribution < -0.4 is 5.73 Å². The van der Waals surface area contributed by atoms with Crippen molar-refractivity contribution in [1.29, 1.82) is 0 Å². The van der Waals surface area contributed by atoms with Gasteiger partial charge in [-0.25, -0.2) is 9.97 Å². The van der Waals surface area contributed by atoms with Gasteiger partial charge >= 0.3 is 6.18 Å². The summed E-state index contributed by atoms with van der Waals surface area (Å²) in [6.07, 6.45) is -4.94. The van der Waals surface area contributed by atoms with Crippen LogP contribution in [0.1, 0.15) is 17.2 Å². The Morgan fingerprint density at radius 2 is 2.07 bits per heavy atom. The normalized spacial score (nSPS) is 11.5. The topological polar surface area (TPSA) is 68.9 Å². The summed E-state index contributed by atoms with van der Waals surface area (Å²) in [6, 6.07) is 0.810. The van der Waals surface area contributed by atoms with E-state index < -0.39 is 24.2 Å². The Labute approximate surface area is 83.3 Å². The molecule has 0 aliphatic carbocycles. The van der Waals surface area contributed by atoms with Gasteiger partial charge in [0.15, 0.2) is 0 Å². The Morgan fingerprint density at radius 1 is 1.47 bits per heavy atom. The molecule has 82 valence electrons. The number of aromatic nitrogens is 2. The predicted octanol–water partition coefficient (Wildman–Crippen LogP) is 0.832. The maximum atomic E-state index is 12.3. The number of aryl methyl sites for hydroxylation is 1. The molecule has 0 aromatic carbocycles. The third-order valence-corrected chi connectivity index (χ3v) is 1.52. The molecule has 0 saturated heterocycles. The number of hydrogen-bond donors (Lipinski definition) is 1. The van der Waals surface area contributed by atoms with Crippen molar-refractivity contribution >= 4 is 5.91 Å². The molecule has 1 aromatic rings. The van der Waals surface area contributed by atoms with E-state index in [2.05, 4.69) is 9.97 Å². The summed E-state index contributed by atoms with van der Waals surface area (Å²) in [5.41, 5.74) is 3.92. The molecule has 1 rings (SSSR count). The zero-order chi connectivity index (χ0) is 11.6. The van der Waals surface area contributed by atoms with Gasteiger partial charge in [-0.3, -0.25) is 4.79 Å². The van der Waals surface area contributed by atoms with Crippen LogP contribution in [0, 0.1) is 6.92 Å². The van der Waals surface area contributed by atoms with Gasteiger partial charge in [-0.15, -0.1) is 0 Å². The molecule has 0 aliphatic rings. The van der Waals surface area contributed by atoms with Crippen LogP contribution in [0.15, 0.2) is 6.07 Å². The van der Waals surface area contributed by atoms with E-state index in [1.807, 2.05) is 0 Å². The molecule has 1 amide bonds. The quantitative estimate of drug-likeness (QED) is 0.800. The SMILES string of the molecule is Cc1cc(C(F)(F)F)nc(CC(N)=O)n1. The summed E-state index contributed by atoms with van der Waals surface area (Å²) in [4.78, 5) is 17.4. The molecule has 4 nitrogen and oxygen atoms in total. The zero-order valence-corrected chi connectivity index (χ0v) is 7.80. The number of carbonyl (C=O) groups excluding carboxylic acids is 1. The fourth-order valence-electron chi connectivity index (χ4n) is 1.01. The van der Waals surface area contributed by atoms with Crippen LogP contribution in [0.4, 0.5) is 13.2 Å². The second kappa shape index (κ2) is 3.84. The number of nitrogens with two attached hydrogens (primary N) is 1. The van der Waals surface area contributed by atoms with Crippen LogP contribution in [0.5, 0.6) is 0 Å². The van der Waals surface area contributed by atoms with Crippen molar-refractivity contribution in [3.05, 3.63) is 23.3 Å². The average molecular weight is 219 g/mol. The third kappa shape index (κ3) is 3.19. The first-order valence-corrected chi connectivity index (χ1v) is 3.99. The molecule has 0 unspecified atom stereocenters. The lowest BCUT2D eigenvalue weighted by molar-refractivity contribution is -0.141. The number of nitrogens with zero attached hydrogens (tertiary/aromatic N) is 2. The van der Waals surface area contributed by atoms with E-state index in [1.54, 1.807) is 0 Å². The second-order valence-corrected chi connectivity index (χ2v) is 2.95. The third-order valence-electron chi connectivity index (χ3n) is 1.52. The van der Waals surface area contributed by atoms with E-state index in [0.717, 1.165) is 6.07 Å². The predicted molar refractivity (Wildman–Crippen MR) is 44.7 cm³/mol. The summed E-state index contributed by atoms with van der Waals surface area (Å²) in [5.74, 6) is -0.983. The zero-order valence-electron chi connectivity index (χ0n) is 7.80. The van der Waals surface area contributed by atoms with E-state index in [9.17, 15) is 18.0 Å². The van der Waals surface area contributed by atoms with Gasteiger partial charge in [0, 0.05) is 5.69 Å². The standard InChI is InChI=1S/C8H8F3N3O/c1-4-2-5(8(9,10)11)14-7(13-4)3-6(12)15/h2H,3H2,1H3,(H2,12,15). The Kier molecular flexibility index (Phi) is 2.92. The number of rotatable bonds is 2. The van der Waals surface area contributed by atoms with Gasteiger partial charge in [0.05, 0.1) is 6.42 Å². The maximum Gasteiger partial charge on any atom is 0.433 e. The number of alkyl halides is 3. The highest BCUT2D eigenvalue weighted by molar-refractivity contribution is 5.75. The molecule has 0 fully saturated rings. The average Bonchev–Trinajstić information content (AvgIpc) is 1.99. The number of amides is 1. The summed E-state index contributed by atoms with van der Waals surface area (Å²) < 4.78 is 36.8. The van der Waals surface area contributed by atoms with Gasteiger partial charge in [0.25, 0.3) is 0 Å². The smallest absolute Gasteiger partial charge is 0.369 e. The summed E-state index contributed by atoms with van der Waals surface area (Å²) in [5, 5.41) is 0. The highest BCUT2D eigenvalue weighted by atomic mass is 19.4. The van der Waals surface area contributed by atoms with Crippen molar-refractivity contribution in [3.63, 3.8) is 0 Å². The van der Waals surface area contributed by atoms with Crippen molar-refractivity contribution in [3.8, 4) is 0 Å². The fourth-order valence-corrected chi connectivity index (χ4v) is 1.01. The molecule has 0 radical (unpaired) electrons. The number of hydrogen-bond acceptors (Lipinski definition) is 3. The van der Waals surface area contributed by atoms with Crippen LogP contribution in [0.25, 0.3) is 0 Å². The van der Waals surface area contributed by atoms with Gasteiger partial charge in [-0.1, -0.05) is 0 Å². The molecule has 0 atom stereocenters. The van der Waals surface area contributed by atoms with E-state index in [0.29, 0.717) is 0 Å². The largest absolute Gasteiger partial charge is 0.433 e. The first-order valence-electron chi connectivity index (χ1n) is 3.99. The molecule has 7 heteroatoms. The molecule has 1 heterocycles. The Balaban J connectivity index is 3.11. The molecule has 15 heavy (non-hydrogen) atoms. The minimum atomic E-state index is -4.54. The highest BCUT2D eigenvalue weighted by Crippen LogP contribution is 2.27. The molecular formula is C8H8F3N3O. The Bertz CT molecular complexity index is 389. The van der Waals surface area contributed by atoms with Crippen molar-refractivity contribution in [2.24, 2.45) is 5.73 Å².